The first-order valence-corrected chi connectivity index (χ1v) is 6.07. The monoisotopic (exact) mass is 272 g/mol. The molecule has 1 aromatic carbocycles. The lowest BCUT2D eigenvalue weighted by Crippen LogP contribution is -2.34. The molecule has 0 unspecified atom stereocenters. The molecule has 0 aromatic heterocycles. The van der Waals surface area contributed by atoms with Crippen LogP contribution in [0.4, 0.5) is 4.39 Å². The highest BCUT2D eigenvalue weighted by molar-refractivity contribution is 9.10. The average molecular weight is 273 g/mol. The molecule has 0 heterocycles. The molecule has 0 spiro atoms. The molecular formula is C12H14BrFO. The van der Waals surface area contributed by atoms with Gasteiger partial charge in [-0.3, -0.25) is 0 Å². The predicted molar refractivity (Wildman–Crippen MR) is 61.2 cm³/mol. The minimum Gasteiger partial charge on any atom is -0.385 e. The molecule has 2 rings (SSSR count). The van der Waals surface area contributed by atoms with Crippen LogP contribution < -0.4 is 0 Å². The maximum Gasteiger partial charge on any atom is 0.143 e. The summed E-state index contributed by atoms with van der Waals surface area (Å²) in [6.45, 7) is 2.02. The van der Waals surface area contributed by atoms with E-state index in [2.05, 4.69) is 15.9 Å². The van der Waals surface area contributed by atoms with Crippen molar-refractivity contribution in [1.29, 1.82) is 0 Å². The number of halogens is 2. The van der Waals surface area contributed by atoms with Crippen molar-refractivity contribution in [3.8, 4) is 0 Å². The van der Waals surface area contributed by atoms with E-state index in [1.807, 2.05) is 6.92 Å². The first kappa shape index (κ1) is 11.1. The Morgan fingerprint density at radius 1 is 1.47 bits per heavy atom. The maximum atomic E-state index is 13.8. The minimum absolute atomic E-state index is 0.311. The Bertz CT molecular complexity index is 385. The molecule has 82 valence electrons. The van der Waals surface area contributed by atoms with Crippen molar-refractivity contribution in [2.24, 2.45) is 0 Å². The summed E-state index contributed by atoms with van der Waals surface area (Å²) >= 11 is 3.20. The second kappa shape index (κ2) is 3.87. The van der Waals surface area contributed by atoms with E-state index in [-0.39, 0.29) is 5.82 Å². The molecule has 0 bridgehead atoms. The Morgan fingerprint density at radius 3 is 2.60 bits per heavy atom. The fourth-order valence-corrected chi connectivity index (χ4v) is 2.48. The van der Waals surface area contributed by atoms with Gasteiger partial charge in [0.05, 0.1) is 10.1 Å². The Balaban J connectivity index is 2.49. The molecule has 1 nitrogen and oxygen atoms in total. The van der Waals surface area contributed by atoms with Crippen molar-refractivity contribution in [2.45, 2.75) is 38.2 Å². The highest BCUT2D eigenvalue weighted by Gasteiger charge is 2.39. The van der Waals surface area contributed by atoms with Gasteiger partial charge in [-0.2, -0.15) is 0 Å². The van der Waals surface area contributed by atoms with E-state index < -0.39 is 5.60 Å². The van der Waals surface area contributed by atoms with Crippen LogP contribution >= 0.6 is 15.9 Å². The summed E-state index contributed by atoms with van der Waals surface area (Å²) in [6, 6.07) is 3.57. The summed E-state index contributed by atoms with van der Waals surface area (Å²) in [5.74, 6) is -0.311. The Hall–Kier alpha value is -0.410. The fourth-order valence-electron chi connectivity index (χ4n) is 1.97. The van der Waals surface area contributed by atoms with Gasteiger partial charge in [-0.25, -0.2) is 4.39 Å². The van der Waals surface area contributed by atoms with Crippen LogP contribution in [-0.2, 0) is 12.0 Å². The normalized spacial score (nSPS) is 18.7. The molecule has 0 amide bonds. The van der Waals surface area contributed by atoms with Crippen molar-refractivity contribution in [3.05, 3.63) is 33.5 Å². The zero-order valence-electron chi connectivity index (χ0n) is 8.69. The van der Waals surface area contributed by atoms with Crippen molar-refractivity contribution in [2.75, 3.05) is 0 Å². The zero-order valence-corrected chi connectivity index (χ0v) is 10.3. The van der Waals surface area contributed by atoms with Gasteiger partial charge in [-0.05, 0) is 59.3 Å². The molecule has 1 aliphatic rings. The molecule has 1 aromatic rings. The third-order valence-corrected chi connectivity index (χ3v) is 3.76. The summed E-state index contributed by atoms with van der Waals surface area (Å²) in [6.07, 6.45) is 3.17. The predicted octanol–water partition coefficient (Wildman–Crippen LogP) is 3.52. The quantitative estimate of drug-likeness (QED) is 0.874. The van der Waals surface area contributed by atoms with Gasteiger partial charge in [-0.15, -0.1) is 0 Å². The SMILES string of the molecule is CCc1cc(Br)c(F)c(C2(O)CCC2)c1. The molecule has 1 aliphatic carbocycles. The van der Waals surface area contributed by atoms with Crippen LogP contribution in [-0.4, -0.2) is 5.11 Å². The first-order chi connectivity index (χ1) is 7.07. The molecule has 0 saturated heterocycles. The van der Waals surface area contributed by atoms with E-state index in [1.54, 1.807) is 12.1 Å². The number of aliphatic hydroxyl groups is 1. The summed E-state index contributed by atoms with van der Waals surface area (Å²) in [7, 11) is 0. The molecular weight excluding hydrogens is 259 g/mol. The van der Waals surface area contributed by atoms with Crippen LogP contribution in [0.5, 0.6) is 0 Å². The van der Waals surface area contributed by atoms with E-state index in [0.717, 1.165) is 18.4 Å². The fraction of sp³-hybridized carbons (Fsp3) is 0.500. The molecule has 1 saturated carbocycles. The van der Waals surface area contributed by atoms with Crippen molar-refractivity contribution >= 4 is 15.9 Å². The Morgan fingerprint density at radius 2 is 2.13 bits per heavy atom. The highest BCUT2D eigenvalue weighted by atomic mass is 79.9. The van der Waals surface area contributed by atoms with Crippen LogP contribution in [0.2, 0.25) is 0 Å². The molecule has 1 fully saturated rings. The standard InChI is InChI=1S/C12H14BrFO/c1-2-8-6-9(11(14)10(13)7-8)12(15)4-3-5-12/h6-7,15H,2-5H2,1H3. The number of hydrogen-bond acceptors (Lipinski definition) is 1. The summed E-state index contributed by atoms with van der Waals surface area (Å²) in [5.41, 5.74) is 0.594. The van der Waals surface area contributed by atoms with E-state index in [9.17, 15) is 9.50 Å². The van der Waals surface area contributed by atoms with Crippen LogP contribution in [0, 0.1) is 5.82 Å². The number of benzene rings is 1. The van der Waals surface area contributed by atoms with E-state index in [1.165, 1.54) is 0 Å². The third-order valence-electron chi connectivity index (χ3n) is 3.18. The van der Waals surface area contributed by atoms with E-state index in [4.69, 9.17) is 0 Å². The zero-order chi connectivity index (χ0) is 11.1. The molecule has 3 heteroatoms. The largest absolute Gasteiger partial charge is 0.385 e. The average Bonchev–Trinajstić information content (AvgIpc) is 2.18. The Labute approximate surface area is 97.4 Å². The van der Waals surface area contributed by atoms with Gasteiger partial charge in [0.15, 0.2) is 0 Å². The summed E-state index contributed by atoms with van der Waals surface area (Å²) in [5, 5.41) is 10.1. The molecule has 0 aliphatic heterocycles. The number of aryl methyl sites for hydroxylation is 1. The minimum atomic E-state index is -0.919. The topological polar surface area (TPSA) is 20.2 Å². The lowest BCUT2D eigenvalue weighted by Gasteiger charge is -2.37. The molecule has 0 atom stereocenters. The first-order valence-electron chi connectivity index (χ1n) is 5.27. The van der Waals surface area contributed by atoms with Gasteiger partial charge in [-0.1, -0.05) is 6.92 Å². The molecule has 1 N–H and O–H groups in total. The van der Waals surface area contributed by atoms with Gasteiger partial charge < -0.3 is 5.11 Å². The third kappa shape index (κ3) is 1.83. The maximum absolute atomic E-state index is 13.8. The molecule has 0 radical (unpaired) electrons. The lowest BCUT2D eigenvalue weighted by molar-refractivity contribution is -0.0418. The van der Waals surface area contributed by atoms with Gasteiger partial charge in [0, 0.05) is 5.56 Å². The lowest BCUT2D eigenvalue weighted by atomic mass is 9.74. The number of rotatable bonds is 2. The van der Waals surface area contributed by atoms with Crippen molar-refractivity contribution in [1.82, 2.24) is 0 Å². The highest BCUT2D eigenvalue weighted by Crippen LogP contribution is 2.43. The van der Waals surface area contributed by atoms with Crippen molar-refractivity contribution < 1.29 is 9.50 Å². The Kier molecular flexibility index (Phi) is 2.86. The van der Waals surface area contributed by atoms with E-state index >= 15 is 0 Å². The second-order valence-corrected chi connectivity index (χ2v) is 5.03. The van der Waals surface area contributed by atoms with Crippen LogP contribution in [0.1, 0.15) is 37.3 Å². The second-order valence-electron chi connectivity index (χ2n) is 4.18. The van der Waals surface area contributed by atoms with Crippen LogP contribution in [0.25, 0.3) is 0 Å². The van der Waals surface area contributed by atoms with Crippen LogP contribution in [0.3, 0.4) is 0 Å². The van der Waals surface area contributed by atoms with Crippen LogP contribution in [0.15, 0.2) is 16.6 Å². The molecule has 15 heavy (non-hydrogen) atoms. The summed E-state index contributed by atoms with van der Waals surface area (Å²) < 4.78 is 14.3. The van der Waals surface area contributed by atoms with Gasteiger partial charge in [0.1, 0.15) is 5.82 Å². The smallest absolute Gasteiger partial charge is 0.143 e. The van der Waals surface area contributed by atoms with Gasteiger partial charge >= 0.3 is 0 Å². The van der Waals surface area contributed by atoms with Crippen molar-refractivity contribution in [3.63, 3.8) is 0 Å². The number of hydrogen-bond donors (Lipinski definition) is 1. The van der Waals surface area contributed by atoms with Gasteiger partial charge in [0.25, 0.3) is 0 Å². The van der Waals surface area contributed by atoms with E-state index in [0.29, 0.717) is 22.9 Å². The van der Waals surface area contributed by atoms with Gasteiger partial charge in [0.2, 0.25) is 0 Å². The summed E-state index contributed by atoms with van der Waals surface area (Å²) in [4.78, 5) is 0.